The number of benzene rings is 2. The molecule has 2 aromatic carbocycles. The molecule has 8 nitrogen and oxygen atoms in total. The van der Waals surface area contributed by atoms with Crippen molar-refractivity contribution >= 4 is 35.1 Å². The molecule has 0 spiro atoms. The fourth-order valence-electron chi connectivity index (χ4n) is 3.83. The molecule has 0 aliphatic carbocycles. The average Bonchev–Trinajstić information content (AvgIpc) is 3.27. The quantitative estimate of drug-likeness (QED) is 0.551. The summed E-state index contributed by atoms with van der Waals surface area (Å²) >= 11 is 5.92. The summed E-state index contributed by atoms with van der Waals surface area (Å²) in [5, 5.41) is 7.81. The highest BCUT2D eigenvalue weighted by atomic mass is 35.5. The number of nitrogens with one attached hydrogen (secondary N) is 1. The van der Waals surface area contributed by atoms with Crippen LogP contribution in [0.15, 0.2) is 66.1 Å². The van der Waals surface area contributed by atoms with Gasteiger partial charge in [-0.25, -0.2) is 9.48 Å². The Labute approximate surface area is 196 Å². The minimum atomic E-state index is -0.516. The number of aryl methyl sites for hydroxylation is 1. The molecule has 1 aliphatic rings. The third-order valence-electron chi connectivity index (χ3n) is 5.43. The topological polar surface area (TPSA) is 89.3 Å². The van der Waals surface area contributed by atoms with E-state index in [9.17, 15) is 9.59 Å². The number of carbonyl (C=O) groups is 2. The minimum absolute atomic E-state index is 0.0589. The van der Waals surface area contributed by atoms with E-state index in [4.69, 9.17) is 16.3 Å². The molecular formula is C24H24ClN5O3. The van der Waals surface area contributed by atoms with Gasteiger partial charge in [0.2, 0.25) is 11.9 Å². The smallest absolute Gasteiger partial charge is 0.338 e. The van der Waals surface area contributed by atoms with Gasteiger partial charge in [0, 0.05) is 16.4 Å². The number of carbonyl (C=O) groups excluding carboxylic acids is 2. The van der Waals surface area contributed by atoms with Crippen LogP contribution in [-0.2, 0) is 14.3 Å². The van der Waals surface area contributed by atoms with Crippen molar-refractivity contribution in [3.63, 3.8) is 0 Å². The molecule has 0 bridgehead atoms. The lowest BCUT2D eigenvalue weighted by Crippen LogP contribution is -2.40. The normalized spacial score (nSPS) is 15.3. The molecule has 1 atom stereocenters. The van der Waals surface area contributed by atoms with Crippen LogP contribution in [0.1, 0.15) is 31.0 Å². The first-order valence-electron chi connectivity index (χ1n) is 10.6. The van der Waals surface area contributed by atoms with E-state index in [0.717, 1.165) is 11.1 Å². The maximum absolute atomic E-state index is 13.1. The molecule has 0 saturated heterocycles. The Bertz CT molecular complexity index is 1200. The SMILES string of the molecule is CCOC(=O)C1=C(C)N(CC(=O)Nc2ccc(Cl)cc2)c2ncnn2C1c1ccc(C)cc1. The Morgan fingerprint density at radius 3 is 2.45 bits per heavy atom. The number of allylic oxidation sites excluding steroid dienone is 1. The number of nitrogens with zero attached hydrogens (tertiary/aromatic N) is 4. The molecule has 1 aliphatic heterocycles. The molecule has 1 aromatic heterocycles. The van der Waals surface area contributed by atoms with E-state index in [1.54, 1.807) is 47.7 Å². The number of hydrogen-bond acceptors (Lipinski definition) is 6. The molecule has 2 heterocycles. The molecule has 4 rings (SSSR count). The zero-order chi connectivity index (χ0) is 23.5. The van der Waals surface area contributed by atoms with Crippen LogP contribution in [0.5, 0.6) is 0 Å². The highest BCUT2D eigenvalue weighted by Gasteiger charge is 2.38. The number of hydrogen-bond donors (Lipinski definition) is 1. The van der Waals surface area contributed by atoms with Crippen molar-refractivity contribution in [3.8, 4) is 0 Å². The van der Waals surface area contributed by atoms with Crippen LogP contribution in [0.25, 0.3) is 0 Å². The van der Waals surface area contributed by atoms with E-state index >= 15 is 0 Å². The Balaban J connectivity index is 1.72. The van der Waals surface area contributed by atoms with Crippen molar-refractivity contribution in [3.05, 3.63) is 82.3 Å². The summed E-state index contributed by atoms with van der Waals surface area (Å²) in [6.07, 6.45) is 1.42. The van der Waals surface area contributed by atoms with E-state index in [2.05, 4.69) is 15.4 Å². The van der Waals surface area contributed by atoms with Gasteiger partial charge in [0.05, 0.1) is 12.2 Å². The van der Waals surface area contributed by atoms with Crippen molar-refractivity contribution in [2.45, 2.75) is 26.8 Å². The summed E-state index contributed by atoms with van der Waals surface area (Å²) in [5.41, 5.74) is 3.60. The largest absolute Gasteiger partial charge is 0.463 e. The Morgan fingerprint density at radius 1 is 1.09 bits per heavy atom. The number of rotatable bonds is 6. The van der Waals surface area contributed by atoms with Crippen molar-refractivity contribution in [2.24, 2.45) is 0 Å². The van der Waals surface area contributed by atoms with E-state index in [-0.39, 0.29) is 19.1 Å². The number of esters is 1. The van der Waals surface area contributed by atoms with Crippen LogP contribution >= 0.6 is 11.6 Å². The Morgan fingerprint density at radius 2 is 1.79 bits per heavy atom. The van der Waals surface area contributed by atoms with Gasteiger partial charge in [-0.2, -0.15) is 10.1 Å². The first-order valence-corrected chi connectivity index (χ1v) is 10.9. The number of aromatic nitrogens is 3. The number of ether oxygens (including phenoxy) is 1. The van der Waals surface area contributed by atoms with Crippen molar-refractivity contribution < 1.29 is 14.3 Å². The molecule has 1 N–H and O–H groups in total. The second kappa shape index (κ2) is 9.46. The molecule has 9 heteroatoms. The van der Waals surface area contributed by atoms with Gasteiger partial charge >= 0.3 is 5.97 Å². The third-order valence-corrected chi connectivity index (χ3v) is 5.68. The molecule has 0 radical (unpaired) electrons. The highest BCUT2D eigenvalue weighted by Crippen LogP contribution is 2.38. The summed E-state index contributed by atoms with van der Waals surface area (Å²) < 4.78 is 7.03. The summed E-state index contributed by atoms with van der Waals surface area (Å²) in [4.78, 5) is 32.0. The average molecular weight is 466 g/mol. The first kappa shape index (κ1) is 22.5. The zero-order valence-electron chi connectivity index (χ0n) is 18.6. The van der Waals surface area contributed by atoms with Crippen LogP contribution < -0.4 is 10.2 Å². The number of anilines is 2. The molecule has 1 amide bonds. The fourth-order valence-corrected chi connectivity index (χ4v) is 3.95. The maximum Gasteiger partial charge on any atom is 0.338 e. The molecule has 3 aromatic rings. The monoisotopic (exact) mass is 465 g/mol. The first-order chi connectivity index (χ1) is 15.9. The molecule has 0 saturated carbocycles. The van der Waals surface area contributed by atoms with Gasteiger partial charge in [0.15, 0.2) is 0 Å². The predicted molar refractivity (Wildman–Crippen MR) is 126 cm³/mol. The third kappa shape index (κ3) is 4.61. The lowest BCUT2D eigenvalue weighted by molar-refractivity contribution is -0.139. The van der Waals surface area contributed by atoms with Crippen LogP contribution in [-0.4, -0.2) is 39.8 Å². The standard InChI is InChI=1S/C24H24ClN5O3/c1-4-33-23(32)21-16(3)29(13-20(31)28-19-11-9-18(25)10-12-19)24-26-14-27-30(24)22(21)17-7-5-15(2)6-8-17/h5-12,14,22H,4,13H2,1-3H3,(H,28,31). The number of fused-ring (bicyclic) bond motifs is 1. The summed E-state index contributed by atoms with van der Waals surface area (Å²) in [7, 11) is 0. The van der Waals surface area contributed by atoms with E-state index in [0.29, 0.717) is 27.9 Å². The van der Waals surface area contributed by atoms with Gasteiger partial charge < -0.3 is 15.0 Å². The van der Waals surface area contributed by atoms with E-state index in [1.165, 1.54) is 6.33 Å². The summed E-state index contributed by atoms with van der Waals surface area (Å²) in [6.45, 7) is 5.73. The highest BCUT2D eigenvalue weighted by molar-refractivity contribution is 6.30. The van der Waals surface area contributed by atoms with E-state index in [1.807, 2.05) is 31.2 Å². The lowest BCUT2D eigenvalue weighted by Gasteiger charge is -2.35. The Hall–Kier alpha value is -3.65. The Kier molecular flexibility index (Phi) is 6.46. The van der Waals surface area contributed by atoms with Gasteiger partial charge in [-0.05, 0) is 50.6 Å². The van der Waals surface area contributed by atoms with Crippen LogP contribution in [0, 0.1) is 6.92 Å². The van der Waals surface area contributed by atoms with Crippen molar-refractivity contribution in [1.82, 2.24) is 14.8 Å². The van der Waals surface area contributed by atoms with Gasteiger partial charge in [-0.1, -0.05) is 41.4 Å². The number of halogens is 1. The zero-order valence-corrected chi connectivity index (χ0v) is 19.3. The predicted octanol–water partition coefficient (Wildman–Crippen LogP) is 4.13. The molecule has 33 heavy (non-hydrogen) atoms. The van der Waals surface area contributed by atoms with Gasteiger partial charge in [-0.3, -0.25) is 4.79 Å². The lowest BCUT2D eigenvalue weighted by atomic mass is 9.94. The minimum Gasteiger partial charge on any atom is -0.463 e. The molecular weight excluding hydrogens is 442 g/mol. The van der Waals surface area contributed by atoms with Gasteiger partial charge in [-0.15, -0.1) is 0 Å². The second-order valence-electron chi connectivity index (χ2n) is 7.68. The maximum atomic E-state index is 13.1. The van der Waals surface area contributed by atoms with Crippen molar-refractivity contribution in [2.75, 3.05) is 23.4 Å². The summed E-state index contributed by atoms with van der Waals surface area (Å²) in [5.74, 6) is -0.259. The van der Waals surface area contributed by atoms with Gasteiger partial charge in [0.1, 0.15) is 18.9 Å². The second-order valence-corrected chi connectivity index (χ2v) is 8.12. The van der Waals surface area contributed by atoms with Crippen LogP contribution in [0.3, 0.4) is 0 Å². The fraction of sp³-hybridized carbons (Fsp3) is 0.250. The number of amides is 1. The molecule has 1 unspecified atom stereocenters. The van der Waals surface area contributed by atoms with Crippen LogP contribution in [0.2, 0.25) is 5.02 Å². The summed E-state index contributed by atoms with van der Waals surface area (Å²) in [6, 6.07) is 14.2. The van der Waals surface area contributed by atoms with E-state index < -0.39 is 12.0 Å². The molecule has 0 fully saturated rings. The van der Waals surface area contributed by atoms with Crippen LogP contribution in [0.4, 0.5) is 11.6 Å². The molecule has 170 valence electrons. The van der Waals surface area contributed by atoms with Crippen molar-refractivity contribution in [1.29, 1.82) is 0 Å². The van der Waals surface area contributed by atoms with Gasteiger partial charge in [0.25, 0.3) is 0 Å².